The van der Waals surface area contributed by atoms with Crippen LogP contribution in [0.5, 0.6) is 0 Å². The summed E-state index contributed by atoms with van der Waals surface area (Å²) >= 11 is 0. The number of rotatable bonds is 4. The Bertz CT molecular complexity index is 958. The smallest absolute Gasteiger partial charge is 0.264 e. The zero-order chi connectivity index (χ0) is 18.7. The highest BCUT2D eigenvalue weighted by atomic mass is 32.2. The first-order valence-electron chi connectivity index (χ1n) is 8.43. The van der Waals surface area contributed by atoms with Crippen molar-refractivity contribution in [3.8, 4) is 0 Å². The van der Waals surface area contributed by atoms with Gasteiger partial charge in [-0.25, -0.2) is 8.42 Å². The minimum absolute atomic E-state index is 0.0388. The average molecular weight is 367 g/mol. The summed E-state index contributed by atoms with van der Waals surface area (Å²) in [5, 5.41) is 0. The van der Waals surface area contributed by atoms with Crippen LogP contribution in [0.2, 0.25) is 0 Å². The summed E-state index contributed by atoms with van der Waals surface area (Å²) in [6.07, 6.45) is 5.21. The van der Waals surface area contributed by atoms with E-state index in [0.29, 0.717) is 5.57 Å². The molecule has 0 aliphatic carbocycles. The second-order valence-electron chi connectivity index (χ2n) is 6.42. The van der Waals surface area contributed by atoms with Crippen LogP contribution < -0.4 is 0 Å². The van der Waals surface area contributed by atoms with Crippen molar-refractivity contribution < 1.29 is 13.2 Å². The van der Waals surface area contributed by atoms with Crippen molar-refractivity contribution in [1.29, 1.82) is 0 Å². The van der Waals surface area contributed by atoms with E-state index in [0.717, 1.165) is 11.1 Å². The lowest BCUT2D eigenvalue weighted by molar-refractivity contribution is -0.116. The maximum Gasteiger partial charge on any atom is 0.264 e. The highest BCUT2D eigenvalue weighted by Gasteiger charge is 2.33. The molecule has 0 fully saturated rings. The second kappa shape index (κ2) is 7.30. The molecule has 0 amide bonds. The minimum atomic E-state index is -3.74. The molecule has 0 bridgehead atoms. The van der Waals surface area contributed by atoms with E-state index < -0.39 is 16.1 Å². The van der Waals surface area contributed by atoms with Crippen LogP contribution in [-0.4, -0.2) is 24.5 Å². The number of nitrogens with zero attached hydrogens (tertiary/aromatic N) is 1. The molecule has 0 unspecified atom stereocenters. The summed E-state index contributed by atoms with van der Waals surface area (Å²) in [6, 6.07) is 15.8. The number of sulfonamides is 1. The number of allylic oxidation sites excluding steroid dienone is 1. The van der Waals surface area contributed by atoms with Crippen molar-refractivity contribution in [2.45, 2.75) is 31.2 Å². The molecule has 1 aliphatic rings. The van der Waals surface area contributed by atoms with Crippen molar-refractivity contribution >= 4 is 21.9 Å². The topological polar surface area (TPSA) is 54.5 Å². The Kier molecular flexibility index (Phi) is 5.09. The minimum Gasteiger partial charge on any atom is -0.294 e. The lowest BCUT2D eigenvalue weighted by Crippen LogP contribution is -2.40. The van der Waals surface area contributed by atoms with E-state index in [-0.39, 0.29) is 17.1 Å². The van der Waals surface area contributed by atoms with Crippen molar-refractivity contribution in [3.05, 3.63) is 83.6 Å². The molecule has 2 aromatic carbocycles. The van der Waals surface area contributed by atoms with Crippen LogP contribution in [-0.2, 0) is 14.8 Å². The number of aryl methyl sites for hydroxylation is 1. The van der Waals surface area contributed by atoms with E-state index in [4.69, 9.17) is 0 Å². The maximum absolute atomic E-state index is 13.1. The highest BCUT2D eigenvalue weighted by Crippen LogP contribution is 2.27. The predicted molar refractivity (Wildman–Crippen MR) is 103 cm³/mol. The van der Waals surface area contributed by atoms with Gasteiger partial charge in [-0.15, -0.1) is 0 Å². The fourth-order valence-corrected chi connectivity index (χ4v) is 4.34. The largest absolute Gasteiger partial charge is 0.294 e. The van der Waals surface area contributed by atoms with Crippen LogP contribution in [0, 0.1) is 6.92 Å². The number of benzene rings is 2. The fourth-order valence-electron chi connectivity index (χ4n) is 2.82. The standard InChI is InChI=1S/C21H21NO3S/c1-16-8-12-20(13-9-16)26(24,25)22-15-17(2)21(23)14-19(22)11-10-18-6-4-3-5-7-18/h3-13,15,19H,14H2,1-2H3/b11-10+/t19-/m0/s1. The van der Waals surface area contributed by atoms with Crippen LogP contribution in [0.3, 0.4) is 0 Å². The number of hydrogen-bond acceptors (Lipinski definition) is 3. The van der Waals surface area contributed by atoms with Gasteiger partial charge in [0.2, 0.25) is 0 Å². The van der Waals surface area contributed by atoms with Crippen molar-refractivity contribution in [1.82, 2.24) is 4.31 Å². The molecule has 0 aromatic heterocycles. The lowest BCUT2D eigenvalue weighted by atomic mass is 10.0. The molecule has 1 atom stereocenters. The summed E-state index contributed by atoms with van der Waals surface area (Å²) < 4.78 is 27.5. The molecule has 5 heteroatoms. The fraction of sp³-hybridized carbons (Fsp3) is 0.190. The molecule has 4 nitrogen and oxygen atoms in total. The van der Waals surface area contributed by atoms with Gasteiger partial charge in [0.15, 0.2) is 5.78 Å². The normalized spacial score (nSPS) is 18.2. The Morgan fingerprint density at radius 1 is 1.00 bits per heavy atom. The van der Waals surface area contributed by atoms with Gasteiger partial charge in [-0.2, -0.15) is 0 Å². The van der Waals surface area contributed by atoms with Crippen molar-refractivity contribution in [2.24, 2.45) is 0 Å². The molecule has 0 N–H and O–H groups in total. The number of carbonyl (C=O) groups excluding carboxylic acids is 1. The second-order valence-corrected chi connectivity index (χ2v) is 8.27. The van der Waals surface area contributed by atoms with Crippen LogP contribution in [0.15, 0.2) is 77.3 Å². The third-order valence-electron chi connectivity index (χ3n) is 4.39. The maximum atomic E-state index is 13.1. The molecule has 0 spiro atoms. The van der Waals surface area contributed by atoms with E-state index in [1.54, 1.807) is 37.3 Å². The predicted octanol–water partition coefficient (Wildman–Crippen LogP) is 3.94. The molecule has 1 aliphatic heterocycles. The first-order valence-corrected chi connectivity index (χ1v) is 9.87. The van der Waals surface area contributed by atoms with E-state index in [9.17, 15) is 13.2 Å². The molecule has 3 rings (SSSR count). The summed E-state index contributed by atoms with van der Waals surface area (Å²) in [6.45, 7) is 3.56. The van der Waals surface area contributed by atoms with Crippen molar-refractivity contribution in [2.75, 3.05) is 0 Å². The van der Waals surface area contributed by atoms with Gasteiger partial charge in [-0.3, -0.25) is 9.10 Å². The Labute approximate surface area is 154 Å². The molecular weight excluding hydrogens is 346 g/mol. The molecular formula is C21H21NO3S. The quantitative estimate of drug-likeness (QED) is 0.822. The molecule has 0 saturated carbocycles. The SMILES string of the molecule is CC1=CN(S(=O)(=O)c2ccc(C)cc2)[C@@H](/C=C/c2ccccc2)CC1=O. The van der Waals surface area contributed by atoms with Crippen LogP contribution >= 0.6 is 0 Å². The lowest BCUT2D eigenvalue weighted by Gasteiger charge is -2.31. The molecule has 26 heavy (non-hydrogen) atoms. The Morgan fingerprint density at radius 2 is 1.65 bits per heavy atom. The van der Waals surface area contributed by atoms with Crippen LogP contribution in [0.1, 0.15) is 24.5 Å². The summed E-state index contributed by atoms with van der Waals surface area (Å²) in [4.78, 5) is 12.4. The van der Waals surface area contributed by atoms with Gasteiger partial charge in [0.25, 0.3) is 10.0 Å². The summed E-state index contributed by atoms with van der Waals surface area (Å²) in [5.74, 6) is -0.0388. The Hall–Kier alpha value is -2.66. The Morgan fingerprint density at radius 3 is 2.31 bits per heavy atom. The van der Waals surface area contributed by atoms with Gasteiger partial charge >= 0.3 is 0 Å². The number of hydrogen-bond donors (Lipinski definition) is 0. The molecule has 2 aromatic rings. The van der Waals surface area contributed by atoms with Gasteiger partial charge in [-0.1, -0.05) is 60.2 Å². The number of ketones is 1. The van der Waals surface area contributed by atoms with Crippen LogP contribution in [0.25, 0.3) is 6.08 Å². The zero-order valence-corrected chi connectivity index (χ0v) is 15.6. The van der Waals surface area contributed by atoms with Gasteiger partial charge in [0.05, 0.1) is 10.9 Å². The Balaban J connectivity index is 1.98. The average Bonchev–Trinajstić information content (AvgIpc) is 2.63. The van der Waals surface area contributed by atoms with Gasteiger partial charge < -0.3 is 0 Å². The molecule has 0 saturated heterocycles. The van der Waals surface area contributed by atoms with Gasteiger partial charge in [0, 0.05) is 18.2 Å². The van der Waals surface area contributed by atoms with Crippen LogP contribution in [0.4, 0.5) is 0 Å². The molecule has 0 radical (unpaired) electrons. The van der Waals surface area contributed by atoms with Gasteiger partial charge in [-0.05, 0) is 31.5 Å². The monoisotopic (exact) mass is 367 g/mol. The molecule has 134 valence electrons. The number of Topliss-reactive ketones (excluding diaryl/α,β-unsaturated/α-hetero) is 1. The third-order valence-corrected chi connectivity index (χ3v) is 6.19. The molecule has 1 heterocycles. The van der Waals surface area contributed by atoms with E-state index >= 15 is 0 Å². The van der Waals surface area contributed by atoms with E-state index in [1.807, 2.05) is 43.3 Å². The first kappa shape index (κ1) is 18.1. The highest BCUT2D eigenvalue weighted by molar-refractivity contribution is 7.89. The zero-order valence-electron chi connectivity index (χ0n) is 14.8. The summed E-state index contributed by atoms with van der Waals surface area (Å²) in [5.41, 5.74) is 2.40. The first-order chi connectivity index (χ1) is 12.4. The van der Waals surface area contributed by atoms with E-state index in [2.05, 4.69) is 0 Å². The number of carbonyl (C=O) groups is 1. The summed E-state index contributed by atoms with van der Waals surface area (Å²) in [7, 11) is -3.74. The van der Waals surface area contributed by atoms with Gasteiger partial charge in [0.1, 0.15) is 0 Å². The van der Waals surface area contributed by atoms with Crippen molar-refractivity contribution in [3.63, 3.8) is 0 Å². The van der Waals surface area contributed by atoms with E-state index in [1.165, 1.54) is 10.5 Å². The third kappa shape index (κ3) is 3.78.